The number of allylic oxidation sites excluding steroid dienone is 1. The zero-order chi connectivity index (χ0) is 25.8. The Morgan fingerprint density at radius 2 is 1.80 bits per heavy atom. The number of ether oxygens (including phenoxy) is 1. The molecule has 2 atom stereocenters. The average Bonchev–Trinajstić information content (AvgIpc) is 3.17. The molecule has 4 rings (SSSR count). The normalized spacial score (nSPS) is 22.6. The van der Waals surface area contributed by atoms with Crippen LogP contribution in [0.3, 0.4) is 0 Å². The fourth-order valence-corrected chi connectivity index (χ4v) is 4.61. The Bertz CT molecular complexity index is 815. The third-order valence-electron chi connectivity index (χ3n) is 6.87. The minimum absolute atomic E-state index is 0.0720. The number of hydrogen-bond acceptors (Lipinski definition) is 5. The number of rotatable bonds is 6. The topological polar surface area (TPSA) is 71.2 Å². The Labute approximate surface area is 213 Å². The molecule has 0 aromatic heterocycles. The van der Waals surface area contributed by atoms with Crippen molar-refractivity contribution in [2.24, 2.45) is 10.7 Å². The van der Waals surface area contributed by atoms with E-state index < -0.39 is 0 Å². The molecule has 2 heterocycles. The van der Waals surface area contributed by atoms with Crippen LogP contribution in [0.15, 0.2) is 47.5 Å². The molecule has 1 unspecified atom stereocenters. The second kappa shape index (κ2) is 14.3. The molecule has 196 valence electrons. The van der Waals surface area contributed by atoms with Crippen molar-refractivity contribution < 1.29 is 9.53 Å². The summed E-state index contributed by atoms with van der Waals surface area (Å²) in [6.07, 6.45) is 9.14. The molecule has 6 nitrogen and oxygen atoms in total. The van der Waals surface area contributed by atoms with E-state index >= 15 is 0 Å². The predicted molar refractivity (Wildman–Crippen MR) is 146 cm³/mol. The third kappa shape index (κ3) is 8.38. The van der Waals surface area contributed by atoms with E-state index in [1.807, 2.05) is 23.1 Å². The van der Waals surface area contributed by atoms with Crippen LogP contribution in [0.4, 0.5) is 0 Å². The minimum atomic E-state index is -0.299. The number of unbranched alkanes of at least 4 members (excludes halogenated alkanes) is 3. The van der Waals surface area contributed by atoms with E-state index in [-0.39, 0.29) is 17.7 Å². The first-order valence-electron chi connectivity index (χ1n) is 13.4. The van der Waals surface area contributed by atoms with Gasteiger partial charge in [-0.2, -0.15) is 0 Å². The Balaban J connectivity index is 0.000000538. The fraction of sp³-hybridized carbons (Fsp3) is 0.655. The highest BCUT2D eigenvalue weighted by atomic mass is 16.5. The molecule has 6 heteroatoms. The van der Waals surface area contributed by atoms with Gasteiger partial charge in [-0.15, -0.1) is 0 Å². The van der Waals surface area contributed by atoms with E-state index in [2.05, 4.69) is 57.0 Å². The lowest BCUT2D eigenvalue weighted by atomic mass is 9.93. The van der Waals surface area contributed by atoms with Crippen LogP contribution >= 0.6 is 0 Å². The summed E-state index contributed by atoms with van der Waals surface area (Å²) in [6, 6.07) is 11.2. The molecule has 3 aliphatic rings. The van der Waals surface area contributed by atoms with Gasteiger partial charge >= 0.3 is 0 Å². The molecule has 1 amide bonds. The highest BCUT2D eigenvalue weighted by Crippen LogP contribution is 2.38. The predicted octanol–water partition coefficient (Wildman–Crippen LogP) is 5.70. The lowest BCUT2D eigenvalue weighted by molar-refractivity contribution is -0.135. The number of carbonyl (C=O) groups is 1. The van der Waals surface area contributed by atoms with E-state index in [0.717, 1.165) is 44.1 Å². The first kappa shape index (κ1) is 28.9. The van der Waals surface area contributed by atoms with Gasteiger partial charge in [-0.1, -0.05) is 68.7 Å². The maximum absolute atomic E-state index is 12.6. The van der Waals surface area contributed by atoms with Gasteiger partial charge in [0, 0.05) is 32.1 Å². The number of benzene rings is 1. The molecular formula is C29H48N4O2. The van der Waals surface area contributed by atoms with Gasteiger partial charge in [-0.25, -0.2) is 4.99 Å². The molecule has 0 bridgehead atoms. The Kier molecular flexibility index (Phi) is 11.8. The van der Waals surface area contributed by atoms with Crippen LogP contribution in [-0.2, 0) is 9.53 Å². The van der Waals surface area contributed by atoms with Gasteiger partial charge in [0.2, 0.25) is 5.91 Å². The van der Waals surface area contributed by atoms with Gasteiger partial charge in [-0.3, -0.25) is 4.79 Å². The van der Waals surface area contributed by atoms with Crippen molar-refractivity contribution in [1.29, 1.82) is 0 Å². The molecule has 1 saturated carbocycles. The third-order valence-corrected chi connectivity index (χ3v) is 6.87. The second-order valence-electron chi connectivity index (χ2n) is 10.3. The van der Waals surface area contributed by atoms with Crippen molar-refractivity contribution in [3.63, 3.8) is 0 Å². The zero-order valence-electron chi connectivity index (χ0n) is 22.8. The SMILES string of the molecule is C=C1CCC1.CCCCCCC(=O)N1CCN(C2=NC(C)(C)C(c3ccccc3)O2)C[C@H]1C.CN. The minimum Gasteiger partial charge on any atom is -0.454 e. The van der Waals surface area contributed by atoms with Crippen molar-refractivity contribution >= 4 is 11.9 Å². The number of amidine groups is 1. The molecular weight excluding hydrogens is 436 g/mol. The van der Waals surface area contributed by atoms with E-state index in [0.29, 0.717) is 12.3 Å². The van der Waals surface area contributed by atoms with Crippen LogP contribution in [0, 0.1) is 0 Å². The summed E-state index contributed by atoms with van der Waals surface area (Å²) in [5.41, 5.74) is 6.79. The van der Waals surface area contributed by atoms with Crippen LogP contribution in [0.25, 0.3) is 0 Å². The summed E-state index contributed by atoms with van der Waals surface area (Å²) in [6.45, 7) is 14.6. The standard InChI is InChI=1S/C23H35N3O2.C5H8.CH5N/c1-5-6-7-11-14-20(27)26-16-15-25(17-18(26)2)22-24-23(3,4)21(28-22)19-12-9-8-10-13-19;1-5-3-2-4-5;1-2/h8-10,12-13,18,21H,5-7,11,14-17H2,1-4H3;1-4H2;2H2,1H3/t18-,21?;;/m1../s1. The number of carbonyl (C=O) groups excluding carboxylic acids is 1. The molecule has 0 spiro atoms. The maximum atomic E-state index is 12.6. The molecule has 2 fully saturated rings. The molecule has 1 aromatic rings. The van der Waals surface area contributed by atoms with Gasteiger partial charge < -0.3 is 20.3 Å². The summed E-state index contributed by atoms with van der Waals surface area (Å²) in [5.74, 6) is 0.292. The number of hydrogen-bond donors (Lipinski definition) is 1. The van der Waals surface area contributed by atoms with Gasteiger partial charge in [0.25, 0.3) is 6.02 Å². The fourth-order valence-electron chi connectivity index (χ4n) is 4.61. The quantitative estimate of drug-likeness (QED) is 0.415. The van der Waals surface area contributed by atoms with Gasteiger partial charge in [0.1, 0.15) is 5.54 Å². The van der Waals surface area contributed by atoms with Crippen molar-refractivity contribution in [3.05, 3.63) is 48.0 Å². The van der Waals surface area contributed by atoms with Gasteiger partial charge in [0.15, 0.2) is 6.10 Å². The highest BCUT2D eigenvalue weighted by molar-refractivity contribution is 5.79. The smallest absolute Gasteiger partial charge is 0.288 e. The number of nitrogens with zero attached hydrogens (tertiary/aromatic N) is 3. The first-order chi connectivity index (χ1) is 16.8. The largest absolute Gasteiger partial charge is 0.454 e. The Morgan fingerprint density at radius 3 is 2.34 bits per heavy atom. The number of amides is 1. The second-order valence-corrected chi connectivity index (χ2v) is 10.3. The van der Waals surface area contributed by atoms with Crippen molar-refractivity contribution in [3.8, 4) is 0 Å². The lowest BCUT2D eigenvalue weighted by Crippen LogP contribution is -2.55. The molecule has 0 radical (unpaired) electrons. The summed E-state index contributed by atoms with van der Waals surface area (Å²) < 4.78 is 6.31. The Hall–Kier alpha value is -2.34. The zero-order valence-corrected chi connectivity index (χ0v) is 22.8. The number of nitrogens with two attached hydrogens (primary N) is 1. The summed E-state index contributed by atoms with van der Waals surface area (Å²) in [7, 11) is 1.50. The van der Waals surface area contributed by atoms with E-state index in [1.165, 1.54) is 44.7 Å². The number of piperazine rings is 1. The molecule has 35 heavy (non-hydrogen) atoms. The van der Waals surface area contributed by atoms with Crippen LogP contribution in [-0.4, -0.2) is 60.0 Å². The molecule has 1 saturated heterocycles. The van der Waals surface area contributed by atoms with E-state index in [4.69, 9.17) is 9.73 Å². The molecule has 2 aliphatic heterocycles. The summed E-state index contributed by atoms with van der Waals surface area (Å²) in [4.78, 5) is 21.7. The Morgan fingerprint density at radius 1 is 1.14 bits per heavy atom. The van der Waals surface area contributed by atoms with Crippen LogP contribution in [0.5, 0.6) is 0 Å². The molecule has 1 aliphatic carbocycles. The average molecular weight is 485 g/mol. The van der Waals surface area contributed by atoms with Crippen LogP contribution in [0.1, 0.15) is 90.7 Å². The van der Waals surface area contributed by atoms with E-state index in [1.54, 1.807) is 0 Å². The first-order valence-corrected chi connectivity index (χ1v) is 13.4. The molecule has 2 N–H and O–H groups in total. The van der Waals surface area contributed by atoms with Crippen molar-refractivity contribution in [2.75, 3.05) is 26.7 Å². The maximum Gasteiger partial charge on any atom is 0.288 e. The summed E-state index contributed by atoms with van der Waals surface area (Å²) in [5, 5.41) is 0. The molecule has 1 aromatic carbocycles. The number of aliphatic imine (C=N–C) groups is 1. The van der Waals surface area contributed by atoms with Crippen molar-refractivity contribution in [1.82, 2.24) is 9.80 Å². The van der Waals surface area contributed by atoms with Crippen LogP contribution in [0.2, 0.25) is 0 Å². The van der Waals surface area contributed by atoms with Crippen molar-refractivity contribution in [2.45, 2.75) is 96.7 Å². The van der Waals surface area contributed by atoms with E-state index in [9.17, 15) is 4.79 Å². The van der Waals surface area contributed by atoms with Gasteiger partial charge in [-0.05, 0) is 59.1 Å². The monoisotopic (exact) mass is 484 g/mol. The van der Waals surface area contributed by atoms with Gasteiger partial charge in [0.05, 0.1) is 0 Å². The van der Waals surface area contributed by atoms with Crippen LogP contribution < -0.4 is 5.73 Å². The summed E-state index contributed by atoms with van der Waals surface area (Å²) >= 11 is 0. The lowest BCUT2D eigenvalue weighted by Gasteiger charge is -2.40. The highest BCUT2D eigenvalue weighted by Gasteiger charge is 2.42.